The molecule has 104 valence electrons. The lowest BCUT2D eigenvalue weighted by molar-refractivity contribution is -0.195. The van der Waals surface area contributed by atoms with Gasteiger partial charge >= 0.3 is 12.4 Å². The highest BCUT2D eigenvalue weighted by Gasteiger charge is 2.38. The molecule has 1 aromatic heterocycles. The van der Waals surface area contributed by atoms with Gasteiger partial charge in [0.2, 0.25) is 0 Å². The largest absolute Gasteiger partial charge is 0.434 e. The van der Waals surface area contributed by atoms with Crippen molar-refractivity contribution < 1.29 is 31.4 Å². The van der Waals surface area contributed by atoms with Gasteiger partial charge in [-0.25, -0.2) is 4.98 Å². The Labute approximate surface area is 106 Å². The number of aliphatic hydroxyl groups excluding tert-OH is 1. The molecule has 0 aliphatic rings. The third-order valence-corrected chi connectivity index (χ3v) is 3.78. The topological polar surface area (TPSA) is 33.1 Å². The molecule has 0 bridgehead atoms. The van der Waals surface area contributed by atoms with E-state index in [1.165, 1.54) is 0 Å². The van der Waals surface area contributed by atoms with Crippen molar-refractivity contribution in [3.05, 3.63) is 16.1 Å². The SMILES string of the molecule is O[C@H](CSCc1nc(C(F)(F)F)cs1)C(F)(F)F. The predicted molar refractivity (Wildman–Crippen MR) is 55.3 cm³/mol. The summed E-state index contributed by atoms with van der Waals surface area (Å²) in [6, 6.07) is 0. The average molecular weight is 311 g/mol. The maximum absolute atomic E-state index is 12.2. The fourth-order valence-electron chi connectivity index (χ4n) is 0.860. The van der Waals surface area contributed by atoms with E-state index in [4.69, 9.17) is 5.11 Å². The second-order valence-corrected chi connectivity index (χ2v) is 5.17. The van der Waals surface area contributed by atoms with Crippen molar-refractivity contribution in [3.63, 3.8) is 0 Å². The van der Waals surface area contributed by atoms with E-state index < -0.39 is 29.9 Å². The first kappa shape index (κ1) is 15.6. The molecule has 0 spiro atoms. The second-order valence-electron chi connectivity index (χ2n) is 3.20. The number of rotatable bonds is 4. The third kappa shape index (κ3) is 4.65. The Morgan fingerprint density at radius 3 is 2.33 bits per heavy atom. The minimum absolute atomic E-state index is 0.0710. The van der Waals surface area contributed by atoms with Gasteiger partial charge in [-0.3, -0.25) is 0 Å². The van der Waals surface area contributed by atoms with Crippen LogP contribution in [0.4, 0.5) is 26.3 Å². The fourth-order valence-corrected chi connectivity index (χ4v) is 2.74. The number of thioether (sulfide) groups is 1. The molecule has 0 aliphatic heterocycles. The van der Waals surface area contributed by atoms with Crippen molar-refractivity contribution in [1.29, 1.82) is 0 Å². The summed E-state index contributed by atoms with van der Waals surface area (Å²) in [6.07, 6.45) is -11.7. The smallest absolute Gasteiger partial charge is 0.383 e. The molecule has 0 amide bonds. The molecule has 0 saturated carbocycles. The summed E-state index contributed by atoms with van der Waals surface area (Å²) >= 11 is 1.40. The summed E-state index contributed by atoms with van der Waals surface area (Å²) in [7, 11) is 0. The fraction of sp³-hybridized carbons (Fsp3) is 0.625. The van der Waals surface area contributed by atoms with Crippen LogP contribution in [-0.4, -0.2) is 28.1 Å². The summed E-state index contributed by atoms with van der Waals surface area (Å²) in [4.78, 5) is 3.25. The summed E-state index contributed by atoms with van der Waals surface area (Å²) < 4.78 is 72.2. The monoisotopic (exact) mass is 311 g/mol. The zero-order valence-electron chi connectivity index (χ0n) is 8.55. The normalized spacial score (nSPS) is 14.8. The molecular formula is C8H7F6NOS2. The van der Waals surface area contributed by atoms with E-state index in [1.807, 2.05) is 0 Å². The molecule has 0 aromatic carbocycles. The van der Waals surface area contributed by atoms with Crippen LogP contribution in [0.5, 0.6) is 0 Å². The Hall–Kier alpha value is -0.480. The maximum Gasteiger partial charge on any atom is 0.434 e. The van der Waals surface area contributed by atoms with Crippen LogP contribution in [0.2, 0.25) is 0 Å². The van der Waals surface area contributed by atoms with Crippen molar-refractivity contribution in [1.82, 2.24) is 4.98 Å². The van der Waals surface area contributed by atoms with Crippen molar-refractivity contribution in [2.24, 2.45) is 0 Å². The number of aliphatic hydroxyl groups is 1. The van der Waals surface area contributed by atoms with Gasteiger partial charge in [0.1, 0.15) is 5.01 Å². The van der Waals surface area contributed by atoms with Gasteiger partial charge in [0.05, 0.1) is 0 Å². The zero-order chi connectivity index (χ0) is 14.0. The van der Waals surface area contributed by atoms with Crippen LogP contribution in [0, 0.1) is 0 Å². The molecule has 2 nitrogen and oxygen atoms in total. The van der Waals surface area contributed by atoms with E-state index in [0.717, 1.165) is 16.7 Å². The molecule has 18 heavy (non-hydrogen) atoms. The van der Waals surface area contributed by atoms with Crippen LogP contribution in [0.25, 0.3) is 0 Å². The Morgan fingerprint density at radius 2 is 1.89 bits per heavy atom. The van der Waals surface area contributed by atoms with Crippen LogP contribution in [0.15, 0.2) is 5.38 Å². The minimum atomic E-state index is -4.72. The average Bonchev–Trinajstić information content (AvgIpc) is 2.64. The van der Waals surface area contributed by atoms with Crippen LogP contribution in [0.1, 0.15) is 10.7 Å². The molecule has 1 heterocycles. The van der Waals surface area contributed by atoms with Gasteiger partial charge < -0.3 is 5.11 Å². The first-order valence-corrected chi connectivity index (χ1v) is 6.48. The summed E-state index contributed by atoms with van der Waals surface area (Å²) in [5.74, 6) is -0.738. The number of halogens is 6. The number of nitrogens with zero attached hydrogens (tertiary/aromatic N) is 1. The van der Waals surface area contributed by atoms with Gasteiger partial charge in [-0.05, 0) is 0 Å². The lowest BCUT2D eigenvalue weighted by Crippen LogP contribution is -2.30. The van der Waals surface area contributed by atoms with Gasteiger partial charge in [-0.15, -0.1) is 11.3 Å². The van der Waals surface area contributed by atoms with E-state index >= 15 is 0 Å². The van der Waals surface area contributed by atoms with E-state index in [-0.39, 0.29) is 10.8 Å². The molecule has 0 saturated heterocycles. The Balaban J connectivity index is 2.43. The van der Waals surface area contributed by atoms with Gasteiger partial charge in [0.15, 0.2) is 11.8 Å². The molecule has 0 aliphatic carbocycles. The van der Waals surface area contributed by atoms with E-state index in [1.54, 1.807) is 0 Å². The van der Waals surface area contributed by atoms with Crippen molar-refractivity contribution in [2.45, 2.75) is 24.2 Å². The lowest BCUT2D eigenvalue weighted by atomic mass is 10.4. The lowest BCUT2D eigenvalue weighted by Gasteiger charge is -2.13. The summed E-state index contributed by atoms with van der Waals surface area (Å²) in [5, 5.41) is 9.53. The molecule has 0 fully saturated rings. The number of thiazole rings is 1. The quantitative estimate of drug-likeness (QED) is 0.866. The zero-order valence-corrected chi connectivity index (χ0v) is 10.2. The molecule has 0 radical (unpaired) electrons. The minimum Gasteiger partial charge on any atom is -0.383 e. The van der Waals surface area contributed by atoms with Gasteiger partial charge in [-0.1, -0.05) is 0 Å². The van der Waals surface area contributed by atoms with Gasteiger partial charge in [-0.2, -0.15) is 38.1 Å². The first-order valence-electron chi connectivity index (χ1n) is 4.45. The van der Waals surface area contributed by atoms with E-state index in [2.05, 4.69) is 4.98 Å². The van der Waals surface area contributed by atoms with Crippen LogP contribution in [0.3, 0.4) is 0 Å². The van der Waals surface area contributed by atoms with Crippen LogP contribution in [-0.2, 0) is 11.9 Å². The summed E-state index contributed by atoms with van der Waals surface area (Å²) in [6.45, 7) is 0. The Kier molecular flexibility index (Phi) is 4.90. The molecular weight excluding hydrogens is 304 g/mol. The maximum atomic E-state index is 12.2. The summed E-state index contributed by atoms with van der Waals surface area (Å²) in [5.41, 5.74) is -1.06. The number of hydrogen-bond acceptors (Lipinski definition) is 4. The third-order valence-electron chi connectivity index (χ3n) is 1.72. The van der Waals surface area contributed by atoms with Gasteiger partial charge in [0, 0.05) is 16.9 Å². The predicted octanol–water partition coefficient (Wildman–Crippen LogP) is 3.32. The molecule has 1 aromatic rings. The second kappa shape index (κ2) is 5.66. The first-order chi connectivity index (χ1) is 8.10. The van der Waals surface area contributed by atoms with Crippen molar-refractivity contribution in [2.75, 3.05) is 5.75 Å². The van der Waals surface area contributed by atoms with E-state index in [9.17, 15) is 26.3 Å². The van der Waals surface area contributed by atoms with Crippen LogP contribution < -0.4 is 0 Å². The highest BCUT2D eigenvalue weighted by atomic mass is 32.2. The Morgan fingerprint density at radius 1 is 1.28 bits per heavy atom. The molecule has 1 rings (SSSR count). The highest BCUT2D eigenvalue weighted by molar-refractivity contribution is 7.98. The number of hydrogen-bond donors (Lipinski definition) is 1. The highest BCUT2D eigenvalue weighted by Crippen LogP contribution is 2.31. The number of alkyl halides is 6. The number of aromatic nitrogens is 1. The van der Waals surface area contributed by atoms with E-state index in [0.29, 0.717) is 11.8 Å². The Bertz CT molecular complexity index is 388. The molecule has 1 N–H and O–H groups in total. The van der Waals surface area contributed by atoms with Gasteiger partial charge in [0.25, 0.3) is 0 Å². The standard InChI is InChI=1S/C8H7F6NOS2/c9-7(10,11)4-1-18-6(15-4)3-17-2-5(16)8(12,13)14/h1,5,16H,2-3H2/t5-/m1/s1. The molecule has 10 heteroatoms. The van der Waals surface area contributed by atoms with Crippen LogP contribution >= 0.6 is 23.1 Å². The molecule has 0 unspecified atom stereocenters. The van der Waals surface area contributed by atoms with Crippen molar-refractivity contribution >= 4 is 23.1 Å². The molecule has 1 atom stereocenters. The van der Waals surface area contributed by atoms with Crippen molar-refractivity contribution in [3.8, 4) is 0 Å².